The van der Waals surface area contributed by atoms with Gasteiger partial charge in [-0.2, -0.15) is 0 Å². The van der Waals surface area contributed by atoms with Crippen molar-refractivity contribution in [2.24, 2.45) is 0 Å². The second-order valence-electron chi connectivity index (χ2n) is 7.33. The summed E-state index contributed by atoms with van der Waals surface area (Å²) in [5.74, 6) is 6.45. The van der Waals surface area contributed by atoms with Crippen LogP contribution in [0.15, 0.2) is 60.2 Å². The molecule has 2 aromatic carbocycles. The lowest BCUT2D eigenvalue weighted by molar-refractivity contribution is -0.111. The summed E-state index contributed by atoms with van der Waals surface area (Å²) < 4.78 is 7.21. The SMILES string of the molecule is CC#C[C@@H](CC(=O)Cl)c1ccc(OCc2ccc3scc(-c4nccnc4C)c3c2)cc1. The number of aryl methyl sites for hydroxylation is 1. The smallest absolute Gasteiger partial charge is 0.223 e. The van der Waals surface area contributed by atoms with Crippen molar-refractivity contribution < 1.29 is 9.53 Å². The summed E-state index contributed by atoms with van der Waals surface area (Å²) in [7, 11) is 0. The van der Waals surface area contributed by atoms with Crippen molar-refractivity contribution >= 4 is 38.3 Å². The van der Waals surface area contributed by atoms with Crippen molar-refractivity contribution in [3.8, 4) is 28.8 Å². The first kappa shape index (κ1) is 22.0. The van der Waals surface area contributed by atoms with Crippen molar-refractivity contribution in [1.82, 2.24) is 9.97 Å². The predicted octanol–water partition coefficient (Wildman–Crippen LogP) is 6.51. The van der Waals surface area contributed by atoms with E-state index in [1.165, 1.54) is 4.70 Å². The highest BCUT2D eigenvalue weighted by Crippen LogP contribution is 2.34. The van der Waals surface area contributed by atoms with Crippen LogP contribution in [0, 0.1) is 18.8 Å². The minimum absolute atomic E-state index is 0.191. The van der Waals surface area contributed by atoms with Gasteiger partial charge in [-0.1, -0.05) is 24.1 Å². The molecule has 4 rings (SSSR count). The Morgan fingerprint density at radius 2 is 1.94 bits per heavy atom. The molecule has 0 aliphatic heterocycles. The molecular formula is C26H21ClN2O2S. The Hall–Kier alpha value is -3.20. The summed E-state index contributed by atoms with van der Waals surface area (Å²) in [5.41, 5.74) is 4.94. The summed E-state index contributed by atoms with van der Waals surface area (Å²) in [6.45, 7) is 4.18. The summed E-state index contributed by atoms with van der Waals surface area (Å²) in [4.78, 5) is 20.2. The van der Waals surface area contributed by atoms with Gasteiger partial charge in [0.2, 0.25) is 5.24 Å². The molecule has 4 nitrogen and oxygen atoms in total. The van der Waals surface area contributed by atoms with Crippen LogP contribution in [-0.4, -0.2) is 15.2 Å². The third-order valence-corrected chi connectivity index (χ3v) is 6.26. The number of hydrogen-bond acceptors (Lipinski definition) is 5. The zero-order valence-electron chi connectivity index (χ0n) is 17.8. The number of thiophene rings is 1. The molecule has 2 aromatic heterocycles. The number of rotatable bonds is 7. The molecule has 0 aliphatic rings. The maximum atomic E-state index is 11.3. The van der Waals surface area contributed by atoms with Crippen LogP contribution in [0.2, 0.25) is 0 Å². The molecular weight excluding hydrogens is 440 g/mol. The second kappa shape index (κ2) is 9.95. The zero-order valence-corrected chi connectivity index (χ0v) is 19.3. The van der Waals surface area contributed by atoms with Crippen LogP contribution in [0.1, 0.15) is 36.1 Å². The quantitative estimate of drug-likeness (QED) is 0.233. The van der Waals surface area contributed by atoms with Gasteiger partial charge in [0.05, 0.1) is 17.3 Å². The Bertz CT molecular complexity index is 1320. The van der Waals surface area contributed by atoms with Crippen molar-refractivity contribution in [2.45, 2.75) is 32.8 Å². The Balaban J connectivity index is 1.51. The average molecular weight is 461 g/mol. The summed E-state index contributed by atoms with van der Waals surface area (Å²) in [6, 6.07) is 14.0. The fraction of sp³-hybridized carbons (Fsp3) is 0.192. The van der Waals surface area contributed by atoms with Crippen LogP contribution >= 0.6 is 22.9 Å². The molecule has 0 radical (unpaired) electrons. The molecule has 0 fully saturated rings. The van der Waals surface area contributed by atoms with E-state index in [0.29, 0.717) is 6.61 Å². The predicted molar refractivity (Wildman–Crippen MR) is 130 cm³/mol. The number of benzene rings is 2. The Labute approximate surface area is 196 Å². The first-order valence-electron chi connectivity index (χ1n) is 10.2. The fourth-order valence-electron chi connectivity index (χ4n) is 3.57. The fourth-order valence-corrected chi connectivity index (χ4v) is 4.65. The lowest BCUT2D eigenvalue weighted by Crippen LogP contribution is -2.01. The number of hydrogen-bond donors (Lipinski definition) is 0. The van der Waals surface area contributed by atoms with Gasteiger partial charge in [-0.05, 0) is 60.8 Å². The molecule has 0 bridgehead atoms. The van der Waals surface area contributed by atoms with E-state index in [-0.39, 0.29) is 12.3 Å². The van der Waals surface area contributed by atoms with Gasteiger partial charge in [-0.3, -0.25) is 14.8 Å². The van der Waals surface area contributed by atoms with Gasteiger partial charge in [0.25, 0.3) is 0 Å². The van der Waals surface area contributed by atoms with Crippen LogP contribution in [0.25, 0.3) is 21.3 Å². The van der Waals surface area contributed by atoms with Gasteiger partial charge in [0.1, 0.15) is 12.4 Å². The van der Waals surface area contributed by atoms with E-state index in [9.17, 15) is 4.79 Å². The summed E-state index contributed by atoms with van der Waals surface area (Å²) in [6.07, 6.45) is 3.63. The zero-order chi connectivity index (χ0) is 22.5. The van der Waals surface area contributed by atoms with E-state index < -0.39 is 5.24 Å². The maximum Gasteiger partial charge on any atom is 0.223 e. The third kappa shape index (κ3) is 4.99. The van der Waals surface area contributed by atoms with Gasteiger partial charge < -0.3 is 4.74 Å². The minimum atomic E-state index is -0.391. The lowest BCUT2D eigenvalue weighted by Gasteiger charge is -2.11. The molecule has 160 valence electrons. The van der Waals surface area contributed by atoms with E-state index in [2.05, 4.69) is 45.4 Å². The van der Waals surface area contributed by atoms with E-state index in [4.69, 9.17) is 16.3 Å². The number of aromatic nitrogens is 2. The third-order valence-electron chi connectivity index (χ3n) is 5.15. The highest BCUT2D eigenvalue weighted by molar-refractivity contribution is 7.17. The van der Waals surface area contributed by atoms with Gasteiger partial charge in [-0.15, -0.1) is 17.3 Å². The van der Waals surface area contributed by atoms with Crippen LogP contribution in [0.3, 0.4) is 0 Å². The van der Waals surface area contributed by atoms with Crippen molar-refractivity contribution in [3.05, 3.63) is 77.1 Å². The molecule has 2 heterocycles. The highest BCUT2D eigenvalue weighted by atomic mass is 35.5. The Morgan fingerprint density at radius 1 is 1.16 bits per heavy atom. The Morgan fingerprint density at radius 3 is 2.66 bits per heavy atom. The van der Waals surface area contributed by atoms with Gasteiger partial charge in [0.15, 0.2) is 0 Å². The van der Waals surface area contributed by atoms with Crippen molar-refractivity contribution in [1.29, 1.82) is 0 Å². The van der Waals surface area contributed by atoms with Gasteiger partial charge in [-0.25, -0.2) is 0 Å². The van der Waals surface area contributed by atoms with E-state index in [0.717, 1.165) is 39.2 Å². The number of fused-ring (bicyclic) bond motifs is 1. The molecule has 0 saturated carbocycles. The van der Waals surface area contributed by atoms with Crippen LogP contribution in [-0.2, 0) is 11.4 Å². The largest absolute Gasteiger partial charge is 0.489 e. The topological polar surface area (TPSA) is 52.1 Å². The average Bonchev–Trinajstić information content (AvgIpc) is 3.21. The monoisotopic (exact) mass is 460 g/mol. The van der Waals surface area contributed by atoms with E-state index >= 15 is 0 Å². The molecule has 6 heteroatoms. The first-order chi connectivity index (χ1) is 15.5. The molecule has 0 N–H and O–H groups in total. The molecule has 0 saturated heterocycles. The van der Waals surface area contributed by atoms with Gasteiger partial charge in [0, 0.05) is 39.8 Å². The standard InChI is InChI=1S/C26H21ClN2O2S/c1-3-4-20(14-25(27)30)19-6-8-21(9-7-19)31-15-18-5-10-24-22(13-18)23(16-32-24)26-17(2)28-11-12-29-26/h5-13,16,20H,14-15H2,1-2H3/t20-/m0/s1. The van der Waals surface area contributed by atoms with Crippen molar-refractivity contribution in [2.75, 3.05) is 0 Å². The number of carbonyl (C=O) groups excluding carboxylic acids is 1. The van der Waals surface area contributed by atoms with E-state index in [1.54, 1.807) is 30.7 Å². The van der Waals surface area contributed by atoms with Crippen LogP contribution in [0.5, 0.6) is 5.75 Å². The Kier molecular flexibility index (Phi) is 6.84. The molecule has 0 aliphatic carbocycles. The lowest BCUT2D eigenvalue weighted by atomic mass is 9.97. The summed E-state index contributed by atoms with van der Waals surface area (Å²) in [5, 5.41) is 2.89. The van der Waals surface area contributed by atoms with Gasteiger partial charge >= 0.3 is 0 Å². The highest BCUT2D eigenvalue weighted by Gasteiger charge is 2.13. The molecule has 4 aromatic rings. The maximum absolute atomic E-state index is 11.3. The second-order valence-corrected chi connectivity index (χ2v) is 8.67. The molecule has 32 heavy (non-hydrogen) atoms. The molecule has 0 unspecified atom stereocenters. The molecule has 0 amide bonds. The molecule has 1 atom stereocenters. The minimum Gasteiger partial charge on any atom is -0.489 e. The first-order valence-corrected chi connectivity index (χ1v) is 11.4. The number of halogens is 1. The molecule has 0 spiro atoms. The summed E-state index contributed by atoms with van der Waals surface area (Å²) >= 11 is 7.26. The van der Waals surface area contributed by atoms with E-state index in [1.807, 2.05) is 31.2 Å². The normalized spacial score (nSPS) is 11.6. The van der Waals surface area contributed by atoms with Crippen molar-refractivity contribution in [3.63, 3.8) is 0 Å². The van der Waals surface area contributed by atoms with Crippen LogP contribution < -0.4 is 4.74 Å². The number of carbonyl (C=O) groups is 1. The van der Waals surface area contributed by atoms with Crippen LogP contribution in [0.4, 0.5) is 0 Å². The number of nitrogens with zero attached hydrogens (tertiary/aromatic N) is 2. The number of ether oxygens (including phenoxy) is 1.